The van der Waals surface area contributed by atoms with Gasteiger partial charge in [0.15, 0.2) is 0 Å². The fraction of sp³-hybridized carbons (Fsp3) is 0.917. The zero-order chi connectivity index (χ0) is 12.0. The minimum Gasteiger partial charge on any atom is -0.338 e. The maximum Gasteiger partial charge on any atom is 0.222 e. The molecule has 1 aliphatic rings. The van der Waals surface area contributed by atoms with E-state index in [0.29, 0.717) is 23.6 Å². The van der Waals surface area contributed by atoms with Crippen molar-refractivity contribution < 1.29 is 4.79 Å². The van der Waals surface area contributed by atoms with Crippen molar-refractivity contribution in [3.05, 3.63) is 0 Å². The Hall–Kier alpha value is -0.220. The zero-order valence-corrected chi connectivity index (χ0v) is 11.3. The van der Waals surface area contributed by atoms with Gasteiger partial charge in [-0.25, -0.2) is 0 Å². The highest BCUT2D eigenvalue weighted by Gasteiger charge is 2.28. The number of carbonyl (C=O) groups excluding carboxylic acids is 1. The minimum atomic E-state index is 0.330. The maximum atomic E-state index is 12.0. The molecule has 0 spiro atoms. The van der Waals surface area contributed by atoms with Crippen LogP contribution in [0, 0.1) is 0 Å². The lowest BCUT2D eigenvalue weighted by Crippen LogP contribution is -2.47. The summed E-state index contributed by atoms with van der Waals surface area (Å²) in [7, 11) is 0. The molecule has 2 atom stereocenters. The molecule has 94 valence electrons. The van der Waals surface area contributed by atoms with Crippen molar-refractivity contribution >= 4 is 17.7 Å². The monoisotopic (exact) mass is 244 g/mol. The van der Waals surface area contributed by atoms with E-state index in [1.807, 2.05) is 11.8 Å². The lowest BCUT2D eigenvalue weighted by Gasteiger charge is -2.37. The van der Waals surface area contributed by atoms with Crippen LogP contribution in [0.5, 0.6) is 0 Å². The Morgan fingerprint density at radius 3 is 2.81 bits per heavy atom. The first-order valence-electron chi connectivity index (χ1n) is 6.28. The molecule has 1 saturated heterocycles. The summed E-state index contributed by atoms with van der Waals surface area (Å²) >= 11 is 1.97. The summed E-state index contributed by atoms with van der Waals surface area (Å²) in [6, 6.07) is 0.390. The summed E-state index contributed by atoms with van der Waals surface area (Å²) in [5, 5.41) is 0.571. The van der Waals surface area contributed by atoms with Gasteiger partial charge in [0.2, 0.25) is 5.91 Å². The van der Waals surface area contributed by atoms with Crippen LogP contribution in [0.4, 0.5) is 0 Å². The molecule has 2 unspecified atom stereocenters. The second kappa shape index (κ2) is 7.17. The van der Waals surface area contributed by atoms with Gasteiger partial charge in [-0.3, -0.25) is 4.79 Å². The van der Waals surface area contributed by atoms with Gasteiger partial charge in [0, 0.05) is 30.0 Å². The van der Waals surface area contributed by atoms with Crippen molar-refractivity contribution in [3.63, 3.8) is 0 Å². The van der Waals surface area contributed by atoms with Crippen molar-refractivity contribution in [3.8, 4) is 0 Å². The van der Waals surface area contributed by atoms with Crippen molar-refractivity contribution in [2.45, 2.75) is 50.8 Å². The van der Waals surface area contributed by atoms with E-state index in [9.17, 15) is 4.79 Å². The molecule has 0 aromatic rings. The molecule has 1 heterocycles. The standard InChI is InChI=1S/C12H24N2OS/c1-10-11(2)16-9-8-14(10)12(15)6-4-3-5-7-13/h10-11H,3-9,13H2,1-2H3. The molecule has 1 aliphatic heterocycles. The maximum absolute atomic E-state index is 12.0. The zero-order valence-electron chi connectivity index (χ0n) is 10.4. The van der Waals surface area contributed by atoms with Crippen LogP contribution >= 0.6 is 11.8 Å². The molecule has 3 nitrogen and oxygen atoms in total. The summed E-state index contributed by atoms with van der Waals surface area (Å²) in [6.07, 6.45) is 3.80. The van der Waals surface area contributed by atoms with E-state index in [1.165, 1.54) is 0 Å². The Kier molecular flexibility index (Phi) is 6.21. The van der Waals surface area contributed by atoms with E-state index in [1.54, 1.807) is 0 Å². The lowest BCUT2D eigenvalue weighted by atomic mass is 10.1. The average molecular weight is 244 g/mol. The normalized spacial score (nSPS) is 25.8. The highest BCUT2D eigenvalue weighted by molar-refractivity contribution is 8.00. The van der Waals surface area contributed by atoms with E-state index in [4.69, 9.17) is 5.73 Å². The smallest absolute Gasteiger partial charge is 0.222 e. The molecule has 1 fully saturated rings. The summed E-state index contributed by atoms with van der Waals surface area (Å²) in [6.45, 7) is 6.03. The Balaban J connectivity index is 2.29. The Morgan fingerprint density at radius 1 is 1.38 bits per heavy atom. The van der Waals surface area contributed by atoms with Crippen LogP contribution in [0.1, 0.15) is 39.5 Å². The lowest BCUT2D eigenvalue weighted by molar-refractivity contribution is -0.133. The highest BCUT2D eigenvalue weighted by atomic mass is 32.2. The van der Waals surface area contributed by atoms with Crippen LogP contribution in [0.15, 0.2) is 0 Å². The van der Waals surface area contributed by atoms with Crippen LogP contribution in [-0.4, -0.2) is 40.9 Å². The quantitative estimate of drug-likeness (QED) is 0.751. The predicted molar refractivity (Wildman–Crippen MR) is 70.6 cm³/mol. The first-order chi connectivity index (χ1) is 7.66. The first-order valence-corrected chi connectivity index (χ1v) is 7.33. The second-order valence-electron chi connectivity index (χ2n) is 4.50. The number of carbonyl (C=O) groups is 1. The molecule has 0 aromatic heterocycles. The van der Waals surface area contributed by atoms with Gasteiger partial charge in [0.05, 0.1) is 0 Å². The number of thioether (sulfide) groups is 1. The molecular formula is C12H24N2OS. The molecule has 1 rings (SSSR count). The van der Waals surface area contributed by atoms with Crippen LogP contribution in [0.25, 0.3) is 0 Å². The first kappa shape index (κ1) is 13.8. The average Bonchev–Trinajstić information content (AvgIpc) is 2.28. The van der Waals surface area contributed by atoms with Crippen molar-refractivity contribution in [1.29, 1.82) is 0 Å². The van der Waals surface area contributed by atoms with Gasteiger partial charge in [-0.05, 0) is 26.3 Å². The highest BCUT2D eigenvalue weighted by Crippen LogP contribution is 2.24. The Bertz CT molecular complexity index is 223. The summed E-state index contributed by atoms with van der Waals surface area (Å²) in [5.41, 5.74) is 5.43. The summed E-state index contributed by atoms with van der Waals surface area (Å²) in [5.74, 6) is 1.41. The Morgan fingerprint density at radius 2 is 2.12 bits per heavy atom. The van der Waals surface area contributed by atoms with Crippen LogP contribution in [-0.2, 0) is 4.79 Å². The third-order valence-corrected chi connectivity index (χ3v) is 4.64. The van der Waals surface area contributed by atoms with Crippen molar-refractivity contribution in [2.75, 3.05) is 18.8 Å². The van der Waals surface area contributed by atoms with E-state index in [2.05, 4.69) is 18.7 Å². The summed E-state index contributed by atoms with van der Waals surface area (Å²) in [4.78, 5) is 14.1. The van der Waals surface area contributed by atoms with Gasteiger partial charge in [0.25, 0.3) is 0 Å². The number of amides is 1. The van der Waals surface area contributed by atoms with Crippen molar-refractivity contribution in [1.82, 2.24) is 4.90 Å². The topological polar surface area (TPSA) is 46.3 Å². The second-order valence-corrected chi connectivity index (χ2v) is 5.99. The molecule has 4 heteroatoms. The van der Waals surface area contributed by atoms with Crippen LogP contribution < -0.4 is 5.73 Å². The van der Waals surface area contributed by atoms with Crippen molar-refractivity contribution in [2.24, 2.45) is 5.73 Å². The molecule has 0 bridgehead atoms. The van der Waals surface area contributed by atoms with Gasteiger partial charge in [-0.15, -0.1) is 0 Å². The van der Waals surface area contributed by atoms with Gasteiger partial charge in [0.1, 0.15) is 0 Å². The molecule has 0 aromatic carbocycles. The fourth-order valence-electron chi connectivity index (χ4n) is 2.03. The summed E-state index contributed by atoms with van der Waals surface area (Å²) < 4.78 is 0. The minimum absolute atomic E-state index is 0.330. The number of rotatable bonds is 5. The third-order valence-electron chi connectivity index (χ3n) is 3.30. The molecular weight excluding hydrogens is 220 g/mol. The SMILES string of the molecule is CC1SCCN(C(=O)CCCCCN)C1C. The van der Waals surface area contributed by atoms with E-state index in [-0.39, 0.29) is 0 Å². The molecule has 2 N–H and O–H groups in total. The predicted octanol–water partition coefficient (Wildman–Crippen LogP) is 1.86. The largest absolute Gasteiger partial charge is 0.338 e. The van der Waals surface area contributed by atoms with E-state index >= 15 is 0 Å². The molecule has 16 heavy (non-hydrogen) atoms. The van der Waals surface area contributed by atoms with Gasteiger partial charge in [-0.1, -0.05) is 13.3 Å². The molecule has 0 saturated carbocycles. The van der Waals surface area contributed by atoms with E-state index < -0.39 is 0 Å². The van der Waals surface area contributed by atoms with Crippen LogP contribution in [0.3, 0.4) is 0 Å². The number of nitrogens with zero attached hydrogens (tertiary/aromatic N) is 1. The molecule has 1 amide bonds. The number of unbranched alkanes of at least 4 members (excludes halogenated alkanes) is 2. The Labute approximate surface area is 103 Å². The van der Waals surface area contributed by atoms with Gasteiger partial charge >= 0.3 is 0 Å². The van der Waals surface area contributed by atoms with Crippen LogP contribution in [0.2, 0.25) is 0 Å². The van der Waals surface area contributed by atoms with E-state index in [0.717, 1.165) is 38.1 Å². The third kappa shape index (κ3) is 3.98. The molecule has 0 radical (unpaired) electrons. The number of hydrogen-bond acceptors (Lipinski definition) is 3. The van der Waals surface area contributed by atoms with Gasteiger partial charge in [-0.2, -0.15) is 11.8 Å². The molecule has 0 aliphatic carbocycles. The number of hydrogen-bond donors (Lipinski definition) is 1. The fourth-order valence-corrected chi connectivity index (χ4v) is 3.13. The van der Waals surface area contributed by atoms with Gasteiger partial charge < -0.3 is 10.6 Å². The number of nitrogens with two attached hydrogens (primary N) is 1.